The first-order valence-electron chi connectivity index (χ1n) is 6.31. The number of hydrogen-bond acceptors (Lipinski definition) is 2. The summed E-state index contributed by atoms with van der Waals surface area (Å²) >= 11 is 7.44. The molecule has 0 saturated heterocycles. The van der Waals surface area contributed by atoms with Gasteiger partial charge < -0.3 is 10.6 Å². The minimum atomic E-state index is -0.0453. The summed E-state index contributed by atoms with van der Waals surface area (Å²) in [6.07, 6.45) is 1.40. The normalized spacial score (nSPS) is 10.4. The number of carbonyl (C=O) groups is 1. The molecule has 0 unspecified atom stereocenters. The Bertz CT molecular complexity index is 475. The van der Waals surface area contributed by atoms with Crippen molar-refractivity contribution >= 4 is 51.5 Å². The Morgan fingerprint density at radius 3 is 2.68 bits per heavy atom. The van der Waals surface area contributed by atoms with Crippen LogP contribution in [0.4, 0.5) is 5.69 Å². The fourth-order valence-electron chi connectivity index (χ4n) is 1.68. The lowest BCUT2D eigenvalue weighted by Crippen LogP contribution is -2.34. The molecule has 0 bridgehead atoms. The van der Waals surface area contributed by atoms with E-state index in [0.29, 0.717) is 17.5 Å². The second-order valence-corrected chi connectivity index (χ2v) is 6.41. The summed E-state index contributed by atoms with van der Waals surface area (Å²) in [5.41, 5.74) is 2.14. The Hall–Kier alpha value is -0.690. The largest absolute Gasteiger partial charge is 0.332 e. The third kappa shape index (κ3) is 5.86. The van der Waals surface area contributed by atoms with Crippen molar-refractivity contribution < 1.29 is 4.79 Å². The van der Waals surface area contributed by atoms with Crippen LogP contribution in [-0.2, 0) is 11.2 Å². The van der Waals surface area contributed by atoms with Crippen molar-refractivity contribution in [1.82, 2.24) is 5.32 Å². The molecule has 19 heavy (non-hydrogen) atoms. The highest BCUT2D eigenvalue weighted by Crippen LogP contribution is 2.19. The zero-order chi connectivity index (χ0) is 14.4. The Kier molecular flexibility index (Phi) is 6.71. The SMILES string of the molecule is CCc1cc(I)ccc1NC(=S)NC(=O)CC(C)C. The molecule has 3 nitrogen and oxygen atoms in total. The third-order valence-electron chi connectivity index (χ3n) is 2.54. The number of anilines is 1. The molecule has 0 aliphatic rings. The van der Waals surface area contributed by atoms with Crippen molar-refractivity contribution in [3.05, 3.63) is 27.3 Å². The van der Waals surface area contributed by atoms with Crippen LogP contribution in [0, 0.1) is 9.49 Å². The number of carbonyl (C=O) groups excluding carboxylic acids is 1. The van der Waals surface area contributed by atoms with E-state index in [-0.39, 0.29) is 5.91 Å². The van der Waals surface area contributed by atoms with Crippen LogP contribution in [0.3, 0.4) is 0 Å². The minimum Gasteiger partial charge on any atom is -0.332 e. The zero-order valence-electron chi connectivity index (χ0n) is 11.4. The molecule has 0 aliphatic heterocycles. The number of nitrogens with one attached hydrogen (secondary N) is 2. The molecular formula is C14H19IN2OS. The van der Waals surface area contributed by atoms with Gasteiger partial charge in [-0.3, -0.25) is 4.79 Å². The molecule has 0 saturated carbocycles. The first kappa shape index (κ1) is 16.4. The Balaban J connectivity index is 2.64. The fourth-order valence-corrected chi connectivity index (χ4v) is 2.46. The molecule has 104 valence electrons. The van der Waals surface area contributed by atoms with Gasteiger partial charge in [-0.25, -0.2) is 0 Å². The molecular weight excluding hydrogens is 371 g/mol. The number of benzene rings is 1. The van der Waals surface area contributed by atoms with Crippen LogP contribution in [-0.4, -0.2) is 11.0 Å². The number of aryl methyl sites for hydroxylation is 1. The average Bonchev–Trinajstić information content (AvgIpc) is 2.30. The first-order chi connectivity index (χ1) is 8.92. The maximum Gasteiger partial charge on any atom is 0.226 e. The van der Waals surface area contributed by atoms with E-state index < -0.39 is 0 Å². The number of rotatable bonds is 4. The number of halogens is 1. The molecule has 0 atom stereocenters. The molecule has 5 heteroatoms. The molecule has 1 aromatic rings. The Labute approximate surface area is 133 Å². The maximum absolute atomic E-state index is 11.6. The highest BCUT2D eigenvalue weighted by atomic mass is 127. The van der Waals surface area contributed by atoms with E-state index in [9.17, 15) is 4.79 Å². The van der Waals surface area contributed by atoms with Crippen molar-refractivity contribution in [1.29, 1.82) is 0 Å². The van der Waals surface area contributed by atoms with E-state index >= 15 is 0 Å². The molecule has 0 heterocycles. The van der Waals surface area contributed by atoms with Gasteiger partial charge in [0.25, 0.3) is 0 Å². The Morgan fingerprint density at radius 1 is 1.42 bits per heavy atom. The summed E-state index contributed by atoms with van der Waals surface area (Å²) in [7, 11) is 0. The van der Waals surface area contributed by atoms with Crippen LogP contribution in [0.15, 0.2) is 18.2 Å². The number of hydrogen-bond donors (Lipinski definition) is 2. The number of amides is 1. The summed E-state index contributed by atoms with van der Waals surface area (Å²) in [5.74, 6) is 0.281. The van der Waals surface area contributed by atoms with Crippen LogP contribution < -0.4 is 10.6 Å². The van der Waals surface area contributed by atoms with Crippen LogP contribution in [0.5, 0.6) is 0 Å². The highest BCUT2D eigenvalue weighted by Gasteiger charge is 2.08. The monoisotopic (exact) mass is 390 g/mol. The van der Waals surface area contributed by atoms with Gasteiger partial charge in [-0.2, -0.15) is 0 Å². The van der Waals surface area contributed by atoms with Gasteiger partial charge >= 0.3 is 0 Å². The van der Waals surface area contributed by atoms with Gasteiger partial charge in [0.2, 0.25) is 5.91 Å². The molecule has 0 fully saturated rings. The van der Waals surface area contributed by atoms with Crippen LogP contribution in [0.25, 0.3) is 0 Å². The second kappa shape index (κ2) is 7.79. The second-order valence-electron chi connectivity index (χ2n) is 4.76. The lowest BCUT2D eigenvalue weighted by molar-refractivity contribution is -0.120. The van der Waals surface area contributed by atoms with Gasteiger partial charge in [-0.05, 0) is 70.9 Å². The maximum atomic E-state index is 11.6. The molecule has 0 radical (unpaired) electrons. The van der Waals surface area contributed by atoms with E-state index in [1.807, 2.05) is 26.0 Å². The smallest absolute Gasteiger partial charge is 0.226 e. The van der Waals surface area contributed by atoms with Gasteiger partial charge in [0.05, 0.1) is 0 Å². The predicted molar refractivity (Wildman–Crippen MR) is 92.4 cm³/mol. The fraction of sp³-hybridized carbons (Fsp3) is 0.429. The van der Waals surface area contributed by atoms with E-state index in [4.69, 9.17) is 12.2 Å². The number of thiocarbonyl (C=S) groups is 1. The standard InChI is InChI=1S/C14H19IN2OS/c1-4-10-8-11(15)5-6-12(10)16-14(19)17-13(18)7-9(2)3/h5-6,8-9H,4,7H2,1-3H3,(H2,16,17,18,19). The Morgan fingerprint density at radius 2 is 2.11 bits per heavy atom. The van der Waals surface area contributed by atoms with Crippen LogP contribution in [0.2, 0.25) is 0 Å². The summed E-state index contributed by atoms with van der Waals surface area (Å²) in [6, 6.07) is 6.11. The lowest BCUT2D eigenvalue weighted by Gasteiger charge is -2.13. The molecule has 1 rings (SSSR count). The summed E-state index contributed by atoms with van der Waals surface area (Å²) in [6.45, 7) is 6.10. The molecule has 0 aliphatic carbocycles. The van der Waals surface area contributed by atoms with Crippen molar-refractivity contribution in [3.63, 3.8) is 0 Å². The van der Waals surface area contributed by atoms with E-state index in [2.05, 4.69) is 46.2 Å². The molecule has 1 amide bonds. The van der Waals surface area contributed by atoms with Gasteiger partial charge in [0.15, 0.2) is 5.11 Å². The van der Waals surface area contributed by atoms with Crippen molar-refractivity contribution in [2.24, 2.45) is 5.92 Å². The quantitative estimate of drug-likeness (QED) is 0.609. The third-order valence-corrected chi connectivity index (χ3v) is 3.42. The van der Waals surface area contributed by atoms with Gasteiger partial charge in [0, 0.05) is 15.7 Å². The van der Waals surface area contributed by atoms with E-state index in [0.717, 1.165) is 12.1 Å². The van der Waals surface area contributed by atoms with Crippen molar-refractivity contribution in [3.8, 4) is 0 Å². The lowest BCUT2D eigenvalue weighted by atomic mass is 10.1. The first-order valence-corrected chi connectivity index (χ1v) is 7.80. The van der Waals surface area contributed by atoms with Gasteiger partial charge in [-0.1, -0.05) is 20.8 Å². The summed E-state index contributed by atoms with van der Waals surface area (Å²) < 4.78 is 1.19. The van der Waals surface area contributed by atoms with Gasteiger partial charge in [-0.15, -0.1) is 0 Å². The molecule has 0 spiro atoms. The summed E-state index contributed by atoms with van der Waals surface area (Å²) in [5, 5.41) is 6.16. The van der Waals surface area contributed by atoms with Crippen LogP contribution >= 0.6 is 34.8 Å². The van der Waals surface area contributed by atoms with Crippen molar-refractivity contribution in [2.75, 3.05) is 5.32 Å². The van der Waals surface area contributed by atoms with Gasteiger partial charge in [0.1, 0.15) is 0 Å². The average molecular weight is 390 g/mol. The topological polar surface area (TPSA) is 41.1 Å². The summed E-state index contributed by atoms with van der Waals surface area (Å²) in [4.78, 5) is 11.6. The van der Waals surface area contributed by atoms with E-state index in [1.165, 1.54) is 9.13 Å². The zero-order valence-corrected chi connectivity index (χ0v) is 14.4. The predicted octanol–water partition coefficient (Wildman–Crippen LogP) is 3.71. The molecule has 0 aromatic heterocycles. The highest BCUT2D eigenvalue weighted by molar-refractivity contribution is 14.1. The van der Waals surface area contributed by atoms with Crippen molar-refractivity contribution in [2.45, 2.75) is 33.6 Å². The minimum absolute atomic E-state index is 0.0453. The van der Waals surface area contributed by atoms with Crippen LogP contribution in [0.1, 0.15) is 32.8 Å². The van der Waals surface area contributed by atoms with E-state index in [1.54, 1.807) is 0 Å². The molecule has 2 N–H and O–H groups in total. The molecule has 1 aromatic carbocycles.